The fourth-order valence-corrected chi connectivity index (χ4v) is 3.36. The maximum absolute atomic E-state index is 12.2. The van der Waals surface area contributed by atoms with Crippen LogP contribution in [0.3, 0.4) is 0 Å². The molecule has 0 saturated carbocycles. The number of rotatable bonds is 8. The van der Waals surface area contributed by atoms with E-state index in [0.717, 1.165) is 4.47 Å². The number of nitrogens with zero attached hydrogens (tertiary/aromatic N) is 2. The average molecular weight is 577 g/mol. The van der Waals surface area contributed by atoms with E-state index in [9.17, 15) is 19.7 Å². The van der Waals surface area contributed by atoms with Crippen LogP contribution in [0.5, 0.6) is 11.5 Å². The Balaban J connectivity index is 1.47. The van der Waals surface area contributed by atoms with E-state index in [4.69, 9.17) is 9.47 Å². The van der Waals surface area contributed by atoms with Gasteiger partial charge in [-0.15, -0.1) is 0 Å². The lowest BCUT2D eigenvalue weighted by atomic mass is 10.2. The third kappa shape index (κ3) is 7.22. The van der Waals surface area contributed by atoms with Crippen molar-refractivity contribution in [2.75, 3.05) is 6.61 Å². The van der Waals surface area contributed by atoms with Crippen molar-refractivity contribution < 1.29 is 24.0 Å². The summed E-state index contributed by atoms with van der Waals surface area (Å²) in [5, 5.41) is 14.6. The molecule has 0 aliphatic heterocycles. The van der Waals surface area contributed by atoms with Crippen molar-refractivity contribution in [1.82, 2.24) is 5.43 Å². The average Bonchev–Trinajstić information content (AvgIpc) is 2.79. The summed E-state index contributed by atoms with van der Waals surface area (Å²) < 4.78 is 11.8. The number of halogens is 2. The number of benzene rings is 3. The molecule has 0 saturated heterocycles. The van der Waals surface area contributed by atoms with Gasteiger partial charge in [0.25, 0.3) is 11.6 Å². The van der Waals surface area contributed by atoms with Crippen LogP contribution in [0.25, 0.3) is 0 Å². The minimum Gasteiger partial charge on any atom is -0.483 e. The van der Waals surface area contributed by atoms with Gasteiger partial charge >= 0.3 is 5.97 Å². The third-order valence-electron chi connectivity index (χ3n) is 4.04. The molecular weight excluding hydrogens is 562 g/mol. The zero-order valence-electron chi connectivity index (χ0n) is 16.7. The zero-order valence-corrected chi connectivity index (χ0v) is 19.9. The zero-order chi connectivity index (χ0) is 23.8. The van der Waals surface area contributed by atoms with Crippen LogP contribution < -0.4 is 14.9 Å². The highest BCUT2D eigenvalue weighted by molar-refractivity contribution is 9.10. The van der Waals surface area contributed by atoms with Crippen molar-refractivity contribution in [3.05, 3.63) is 96.9 Å². The number of amides is 1. The van der Waals surface area contributed by atoms with Gasteiger partial charge in [-0.1, -0.05) is 22.0 Å². The van der Waals surface area contributed by atoms with Crippen molar-refractivity contribution in [3.63, 3.8) is 0 Å². The lowest BCUT2D eigenvalue weighted by Gasteiger charge is -2.07. The first-order valence-corrected chi connectivity index (χ1v) is 10.9. The number of nitro groups is 1. The van der Waals surface area contributed by atoms with E-state index >= 15 is 0 Å². The SMILES string of the molecule is O=C(COc1ccc([N+](=O)[O-])cc1Br)N/N=C\c1ccc(OC(=O)c2cccc(Br)c2)cc1. The van der Waals surface area contributed by atoms with E-state index in [0.29, 0.717) is 21.3 Å². The summed E-state index contributed by atoms with van der Waals surface area (Å²) >= 11 is 6.47. The van der Waals surface area contributed by atoms with Crippen molar-refractivity contribution in [1.29, 1.82) is 0 Å². The van der Waals surface area contributed by atoms with Crippen LogP contribution in [0.1, 0.15) is 15.9 Å². The van der Waals surface area contributed by atoms with Gasteiger partial charge < -0.3 is 9.47 Å². The molecule has 0 aliphatic carbocycles. The van der Waals surface area contributed by atoms with Crippen molar-refractivity contribution in [2.24, 2.45) is 5.10 Å². The summed E-state index contributed by atoms with van der Waals surface area (Å²) in [5.74, 6) is -0.350. The Hall–Kier alpha value is -3.57. The lowest BCUT2D eigenvalue weighted by molar-refractivity contribution is -0.384. The Labute approximate surface area is 204 Å². The molecule has 0 radical (unpaired) electrons. The second-order valence-corrected chi connectivity index (χ2v) is 8.19. The van der Waals surface area contributed by atoms with E-state index in [1.54, 1.807) is 42.5 Å². The molecule has 0 fully saturated rings. The Kier molecular flexibility index (Phi) is 8.28. The van der Waals surface area contributed by atoms with Gasteiger partial charge in [-0.25, -0.2) is 10.2 Å². The van der Waals surface area contributed by atoms with Crippen molar-refractivity contribution in [2.45, 2.75) is 0 Å². The molecule has 9 nitrogen and oxygen atoms in total. The molecule has 33 heavy (non-hydrogen) atoms. The Bertz CT molecular complexity index is 1220. The van der Waals surface area contributed by atoms with Crippen LogP contribution in [0.4, 0.5) is 5.69 Å². The molecule has 11 heteroatoms. The summed E-state index contributed by atoms with van der Waals surface area (Å²) in [6, 6.07) is 17.4. The Morgan fingerprint density at radius 2 is 1.82 bits per heavy atom. The summed E-state index contributed by atoms with van der Waals surface area (Å²) in [6.07, 6.45) is 1.42. The predicted molar refractivity (Wildman–Crippen MR) is 128 cm³/mol. The van der Waals surface area contributed by atoms with E-state index in [1.807, 2.05) is 6.07 Å². The minimum atomic E-state index is -0.533. The summed E-state index contributed by atoms with van der Waals surface area (Å²) in [4.78, 5) is 34.3. The molecular formula is C22H15Br2N3O6. The van der Waals surface area contributed by atoms with Gasteiger partial charge in [-0.3, -0.25) is 14.9 Å². The first-order valence-electron chi connectivity index (χ1n) is 9.28. The molecule has 0 unspecified atom stereocenters. The second-order valence-electron chi connectivity index (χ2n) is 6.42. The summed E-state index contributed by atoms with van der Waals surface area (Å²) in [6.45, 7) is -0.335. The van der Waals surface area contributed by atoms with E-state index in [2.05, 4.69) is 42.4 Å². The molecule has 1 N–H and O–H groups in total. The maximum Gasteiger partial charge on any atom is 0.343 e. The highest BCUT2D eigenvalue weighted by Gasteiger charge is 2.11. The fraction of sp³-hybridized carbons (Fsp3) is 0.0455. The van der Waals surface area contributed by atoms with Crippen LogP contribution in [0.15, 0.2) is 80.8 Å². The van der Waals surface area contributed by atoms with E-state index in [-0.39, 0.29) is 18.0 Å². The van der Waals surface area contributed by atoms with Gasteiger partial charge in [0.2, 0.25) is 0 Å². The minimum absolute atomic E-state index is 0.0998. The highest BCUT2D eigenvalue weighted by atomic mass is 79.9. The van der Waals surface area contributed by atoms with E-state index in [1.165, 1.54) is 24.4 Å². The quantitative estimate of drug-likeness (QED) is 0.134. The van der Waals surface area contributed by atoms with Crippen molar-refractivity contribution >= 4 is 55.6 Å². The van der Waals surface area contributed by atoms with Crippen LogP contribution >= 0.6 is 31.9 Å². The fourth-order valence-electron chi connectivity index (χ4n) is 2.48. The topological polar surface area (TPSA) is 120 Å². The number of carbonyl (C=O) groups excluding carboxylic acids is 2. The number of esters is 1. The highest BCUT2D eigenvalue weighted by Crippen LogP contribution is 2.29. The van der Waals surface area contributed by atoms with Gasteiger partial charge in [-0.2, -0.15) is 5.10 Å². The molecule has 0 heterocycles. The first kappa shape index (κ1) is 24.1. The predicted octanol–water partition coefficient (Wildman–Crippen LogP) is 4.87. The number of nitro benzene ring substituents is 1. The first-order chi connectivity index (χ1) is 15.8. The van der Waals surface area contributed by atoms with Gasteiger partial charge in [0.1, 0.15) is 11.5 Å². The normalized spacial score (nSPS) is 10.6. The number of hydrogen-bond donors (Lipinski definition) is 1. The van der Waals surface area contributed by atoms with Gasteiger partial charge in [0, 0.05) is 16.6 Å². The monoisotopic (exact) mass is 575 g/mol. The summed E-state index contributed by atoms with van der Waals surface area (Å²) in [5.41, 5.74) is 3.30. The van der Waals surface area contributed by atoms with Crippen LogP contribution in [-0.2, 0) is 4.79 Å². The third-order valence-corrected chi connectivity index (χ3v) is 5.15. The number of nitrogens with one attached hydrogen (secondary N) is 1. The largest absolute Gasteiger partial charge is 0.483 e. The molecule has 0 aromatic heterocycles. The lowest BCUT2D eigenvalue weighted by Crippen LogP contribution is -2.24. The summed E-state index contributed by atoms with van der Waals surface area (Å²) in [7, 11) is 0. The number of ether oxygens (including phenoxy) is 2. The molecule has 0 bridgehead atoms. The molecule has 1 amide bonds. The Morgan fingerprint density at radius 3 is 2.48 bits per heavy atom. The maximum atomic E-state index is 12.2. The van der Waals surface area contributed by atoms with E-state index < -0.39 is 16.8 Å². The van der Waals surface area contributed by atoms with Crippen molar-refractivity contribution in [3.8, 4) is 11.5 Å². The number of non-ortho nitro benzene ring substituents is 1. The molecule has 0 aliphatic rings. The second kappa shape index (κ2) is 11.3. The van der Waals surface area contributed by atoms with Crippen LogP contribution in [-0.4, -0.2) is 29.6 Å². The number of hydrazone groups is 1. The molecule has 3 aromatic carbocycles. The molecule has 168 valence electrons. The molecule has 3 rings (SSSR count). The molecule has 3 aromatic rings. The number of hydrogen-bond acceptors (Lipinski definition) is 7. The van der Waals surface area contributed by atoms with Gasteiger partial charge in [0.05, 0.1) is 21.2 Å². The standard InChI is InChI=1S/C22H15Br2N3O6/c23-16-3-1-2-15(10-16)22(29)33-18-7-4-14(5-8-18)12-25-26-21(28)13-32-20-9-6-17(27(30)31)11-19(20)24/h1-12H,13H2,(H,26,28)/b25-12-. The van der Waals surface area contributed by atoms with Gasteiger partial charge in [-0.05, 0) is 70.0 Å². The van der Waals surface area contributed by atoms with Crippen LogP contribution in [0.2, 0.25) is 0 Å². The number of carbonyl (C=O) groups is 2. The van der Waals surface area contributed by atoms with Crippen LogP contribution in [0, 0.1) is 10.1 Å². The smallest absolute Gasteiger partial charge is 0.343 e. The van der Waals surface area contributed by atoms with Gasteiger partial charge in [0.15, 0.2) is 6.61 Å². The molecule has 0 atom stereocenters. The molecule has 0 spiro atoms. The Morgan fingerprint density at radius 1 is 1.06 bits per heavy atom.